The summed E-state index contributed by atoms with van der Waals surface area (Å²) >= 11 is 0. The van der Waals surface area contributed by atoms with Gasteiger partial charge < -0.3 is 9.30 Å². The molecule has 0 unspecified atom stereocenters. The van der Waals surface area contributed by atoms with E-state index in [4.69, 9.17) is 4.74 Å². The minimum atomic E-state index is -0.557. The Morgan fingerprint density at radius 3 is 2.44 bits per heavy atom. The fourth-order valence-corrected chi connectivity index (χ4v) is 2.69. The van der Waals surface area contributed by atoms with Gasteiger partial charge in [0.05, 0.1) is 12.0 Å². The molecule has 0 fully saturated rings. The van der Waals surface area contributed by atoms with Crippen LogP contribution in [0.2, 0.25) is 0 Å². The smallest absolute Gasteiger partial charge is 0.355 e. The average Bonchev–Trinajstić information content (AvgIpc) is 3.06. The number of nitro benzene ring substituents is 1. The van der Waals surface area contributed by atoms with E-state index in [1.165, 1.54) is 17.7 Å². The third-order valence-corrected chi connectivity index (χ3v) is 3.91. The van der Waals surface area contributed by atoms with Gasteiger partial charge in [-0.25, -0.2) is 4.79 Å². The van der Waals surface area contributed by atoms with Crippen molar-refractivity contribution in [2.75, 3.05) is 7.11 Å². The second-order valence-electron chi connectivity index (χ2n) is 5.59. The number of carbonyl (C=O) groups excluding carboxylic acids is 1. The summed E-state index contributed by atoms with van der Waals surface area (Å²) in [6.07, 6.45) is 1.71. The van der Waals surface area contributed by atoms with Gasteiger partial charge in [-0.3, -0.25) is 10.1 Å². The molecule has 1 heterocycles. The van der Waals surface area contributed by atoms with E-state index in [-0.39, 0.29) is 11.4 Å². The van der Waals surface area contributed by atoms with E-state index in [1.54, 1.807) is 24.4 Å². The van der Waals surface area contributed by atoms with Crippen LogP contribution in [0, 0.1) is 17.0 Å². The van der Waals surface area contributed by atoms with Crippen molar-refractivity contribution in [3.63, 3.8) is 0 Å². The van der Waals surface area contributed by atoms with E-state index in [0.29, 0.717) is 5.69 Å². The van der Waals surface area contributed by atoms with Crippen LogP contribution >= 0.6 is 0 Å². The monoisotopic (exact) mass is 336 g/mol. The molecule has 0 N–H and O–H groups in total. The standard InChI is InChI=1S/C19H16N2O4/c1-13-8-9-16(21(23)24)17(10-13)20-12-15(11-18(20)19(22)25-2)14-6-4-3-5-7-14/h3-12H,1-2H3. The van der Waals surface area contributed by atoms with Crippen molar-refractivity contribution in [1.82, 2.24) is 4.57 Å². The van der Waals surface area contributed by atoms with Crippen molar-refractivity contribution in [3.05, 3.63) is 82.2 Å². The lowest BCUT2D eigenvalue weighted by molar-refractivity contribution is -0.384. The van der Waals surface area contributed by atoms with Gasteiger partial charge in [0.1, 0.15) is 11.4 Å². The number of nitrogens with zero attached hydrogens (tertiary/aromatic N) is 2. The van der Waals surface area contributed by atoms with E-state index >= 15 is 0 Å². The molecule has 0 amide bonds. The van der Waals surface area contributed by atoms with Gasteiger partial charge in [0.2, 0.25) is 0 Å². The van der Waals surface area contributed by atoms with Gasteiger partial charge in [0.15, 0.2) is 0 Å². The highest BCUT2D eigenvalue weighted by Crippen LogP contribution is 2.30. The Morgan fingerprint density at radius 2 is 1.80 bits per heavy atom. The Labute approximate surface area is 144 Å². The lowest BCUT2D eigenvalue weighted by Gasteiger charge is -2.09. The first kappa shape index (κ1) is 16.4. The number of ether oxygens (including phenoxy) is 1. The van der Waals surface area contributed by atoms with Crippen LogP contribution in [0.3, 0.4) is 0 Å². The highest BCUT2D eigenvalue weighted by molar-refractivity contribution is 5.91. The van der Waals surface area contributed by atoms with Gasteiger partial charge in [0.25, 0.3) is 5.69 Å². The van der Waals surface area contributed by atoms with Gasteiger partial charge in [-0.15, -0.1) is 0 Å². The number of aryl methyl sites for hydroxylation is 1. The van der Waals surface area contributed by atoms with Crippen LogP contribution < -0.4 is 0 Å². The topological polar surface area (TPSA) is 74.4 Å². The van der Waals surface area contributed by atoms with Crippen molar-refractivity contribution in [2.24, 2.45) is 0 Å². The first-order chi connectivity index (χ1) is 12.0. The highest BCUT2D eigenvalue weighted by Gasteiger charge is 2.22. The summed E-state index contributed by atoms with van der Waals surface area (Å²) in [5.74, 6) is -0.557. The fraction of sp³-hybridized carbons (Fsp3) is 0.105. The summed E-state index contributed by atoms with van der Waals surface area (Å²) in [4.78, 5) is 23.2. The molecule has 0 saturated carbocycles. The minimum absolute atomic E-state index is 0.0778. The number of methoxy groups -OCH3 is 1. The van der Waals surface area contributed by atoms with Crippen molar-refractivity contribution in [1.29, 1.82) is 0 Å². The molecule has 3 rings (SSSR count). The van der Waals surface area contributed by atoms with E-state index < -0.39 is 10.9 Å². The van der Waals surface area contributed by atoms with Crippen molar-refractivity contribution in [2.45, 2.75) is 6.92 Å². The van der Waals surface area contributed by atoms with Gasteiger partial charge in [0, 0.05) is 17.8 Å². The summed E-state index contributed by atoms with van der Waals surface area (Å²) < 4.78 is 6.36. The summed E-state index contributed by atoms with van der Waals surface area (Å²) in [6.45, 7) is 1.84. The van der Waals surface area contributed by atoms with Crippen LogP contribution in [0.5, 0.6) is 0 Å². The number of nitro groups is 1. The largest absolute Gasteiger partial charge is 0.464 e. The molecule has 0 radical (unpaired) electrons. The van der Waals surface area contributed by atoms with E-state index in [2.05, 4.69) is 0 Å². The first-order valence-corrected chi connectivity index (χ1v) is 7.63. The molecular formula is C19H16N2O4. The van der Waals surface area contributed by atoms with E-state index in [0.717, 1.165) is 16.7 Å². The summed E-state index contributed by atoms with van der Waals surface area (Å²) in [5.41, 5.74) is 3.01. The van der Waals surface area contributed by atoms with Crippen LogP contribution in [0.4, 0.5) is 5.69 Å². The zero-order valence-corrected chi connectivity index (χ0v) is 13.8. The molecule has 0 atom stereocenters. The molecule has 25 heavy (non-hydrogen) atoms. The molecule has 0 spiro atoms. The predicted octanol–water partition coefficient (Wildman–Crippen LogP) is 4.15. The third kappa shape index (κ3) is 3.14. The molecule has 3 aromatic rings. The Kier molecular flexibility index (Phi) is 4.35. The van der Waals surface area contributed by atoms with Gasteiger partial charge in [-0.05, 0) is 30.2 Å². The van der Waals surface area contributed by atoms with Crippen LogP contribution in [0.25, 0.3) is 16.8 Å². The molecule has 6 heteroatoms. The predicted molar refractivity (Wildman–Crippen MR) is 93.9 cm³/mol. The Balaban J connectivity index is 2.25. The van der Waals surface area contributed by atoms with Crippen LogP contribution in [-0.2, 0) is 4.74 Å². The van der Waals surface area contributed by atoms with Crippen LogP contribution in [0.15, 0.2) is 60.8 Å². The summed E-state index contributed by atoms with van der Waals surface area (Å²) in [5, 5.41) is 11.4. The zero-order chi connectivity index (χ0) is 18.0. The fourth-order valence-electron chi connectivity index (χ4n) is 2.69. The molecule has 0 aliphatic carbocycles. The second kappa shape index (κ2) is 6.60. The van der Waals surface area contributed by atoms with Gasteiger partial charge in [-0.2, -0.15) is 0 Å². The van der Waals surface area contributed by atoms with Crippen molar-refractivity contribution in [3.8, 4) is 16.8 Å². The second-order valence-corrected chi connectivity index (χ2v) is 5.59. The zero-order valence-electron chi connectivity index (χ0n) is 13.8. The SMILES string of the molecule is COC(=O)c1cc(-c2ccccc2)cn1-c1cc(C)ccc1[N+](=O)[O-]. The van der Waals surface area contributed by atoms with E-state index in [9.17, 15) is 14.9 Å². The summed E-state index contributed by atoms with van der Waals surface area (Å²) in [7, 11) is 1.28. The number of hydrogen-bond acceptors (Lipinski definition) is 4. The third-order valence-electron chi connectivity index (χ3n) is 3.91. The number of hydrogen-bond donors (Lipinski definition) is 0. The lowest BCUT2D eigenvalue weighted by atomic mass is 10.1. The molecule has 1 aromatic heterocycles. The van der Waals surface area contributed by atoms with Crippen LogP contribution in [0.1, 0.15) is 16.1 Å². The number of carbonyl (C=O) groups is 1. The molecule has 126 valence electrons. The number of rotatable bonds is 4. The molecule has 0 bridgehead atoms. The quantitative estimate of drug-likeness (QED) is 0.407. The molecule has 6 nitrogen and oxygen atoms in total. The van der Waals surface area contributed by atoms with Crippen molar-refractivity contribution < 1.29 is 14.5 Å². The van der Waals surface area contributed by atoms with Crippen molar-refractivity contribution >= 4 is 11.7 Å². The Hall–Kier alpha value is -3.41. The lowest BCUT2D eigenvalue weighted by Crippen LogP contribution is -2.10. The number of esters is 1. The first-order valence-electron chi connectivity index (χ1n) is 7.63. The minimum Gasteiger partial charge on any atom is -0.464 e. The molecule has 2 aromatic carbocycles. The number of aromatic nitrogens is 1. The van der Waals surface area contributed by atoms with Crippen LogP contribution in [-0.4, -0.2) is 22.6 Å². The Bertz CT molecular complexity index is 945. The maximum Gasteiger partial charge on any atom is 0.355 e. The Morgan fingerprint density at radius 1 is 1.08 bits per heavy atom. The van der Waals surface area contributed by atoms with Gasteiger partial charge in [-0.1, -0.05) is 36.4 Å². The van der Waals surface area contributed by atoms with Gasteiger partial charge >= 0.3 is 5.97 Å². The normalized spacial score (nSPS) is 10.5. The average molecular weight is 336 g/mol. The maximum atomic E-state index is 12.2. The molecule has 0 aliphatic heterocycles. The molecule has 0 saturated heterocycles. The van der Waals surface area contributed by atoms with E-state index in [1.807, 2.05) is 37.3 Å². The molecular weight excluding hydrogens is 320 g/mol. The molecule has 0 aliphatic rings. The number of benzene rings is 2. The maximum absolute atomic E-state index is 12.2. The highest BCUT2D eigenvalue weighted by atomic mass is 16.6. The summed E-state index contributed by atoms with van der Waals surface area (Å²) in [6, 6.07) is 15.9.